The van der Waals surface area contributed by atoms with Gasteiger partial charge >= 0.3 is 0 Å². The Morgan fingerprint density at radius 3 is 2.65 bits per heavy atom. The van der Waals surface area contributed by atoms with Gasteiger partial charge in [0.05, 0.1) is 0 Å². The Kier molecular flexibility index (Phi) is 5.56. The molecule has 2 rings (SSSR count). The summed E-state index contributed by atoms with van der Waals surface area (Å²) in [5.41, 5.74) is 1.65. The van der Waals surface area contributed by atoms with Gasteiger partial charge in [0.1, 0.15) is 0 Å². The van der Waals surface area contributed by atoms with Crippen molar-refractivity contribution in [2.24, 2.45) is 0 Å². The van der Waals surface area contributed by atoms with E-state index in [-0.39, 0.29) is 5.56 Å². The van der Waals surface area contributed by atoms with Crippen LogP contribution in [0.4, 0.5) is 0 Å². The van der Waals surface area contributed by atoms with Gasteiger partial charge in [-0.25, -0.2) is 4.68 Å². The minimum atomic E-state index is -0.0609. The van der Waals surface area contributed by atoms with Gasteiger partial charge in [-0.1, -0.05) is 36.4 Å². The summed E-state index contributed by atoms with van der Waals surface area (Å²) < 4.78 is 1.50. The summed E-state index contributed by atoms with van der Waals surface area (Å²) in [6.07, 6.45) is 7.17. The van der Waals surface area contributed by atoms with Gasteiger partial charge in [-0.15, -0.1) is 11.6 Å². The van der Waals surface area contributed by atoms with Crippen LogP contribution in [-0.4, -0.2) is 15.7 Å². The fraction of sp³-hybridized carbons (Fsp3) is 0.250. The van der Waals surface area contributed by atoms with Crippen LogP contribution < -0.4 is 5.56 Å². The number of hydrogen-bond acceptors (Lipinski definition) is 2. The first-order valence-electron chi connectivity index (χ1n) is 6.66. The van der Waals surface area contributed by atoms with Crippen LogP contribution in [0.2, 0.25) is 0 Å². The molecule has 0 atom stereocenters. The van der Waals surface area contributed by atoms with Crippen molar-refractivity contribution in [2.45, 2.75) is 19.4 Å². The normalized spacial score (nSPS) is 11.1. The number of halogens is 1. The number of alkyl halides is 1. The number of aryl methyl sites for hydroxylation is 1. The number of hydrogen-bond donors (Lipinski definition) is 0. The van der Waals surface area contributed by atoms with Gasteiger partial charge < -0.3 is 0 Å². The third kappa shape index (κ3) is 4.07. The van der Waals surface area contributed by atoms with Crippen molar-refractivity contribution >= 4 is 23.8 Å². The average Bonchev–Trinajstić information content (AvgIpc) is 2.49. The molecule has 0 N–H and O–H groups in total. The number of rotatable bonds is 6. The van der Waals surface area contributed by atoms with E-state index in [1.54, 1.807) is 12.3 Å². The van der Waals surface area contributed by atoms with Gasteiger partial charge in [-0.3, -0.25) is 4.79 Å². The van der Waals surface area contributed by atoms with Crippen LogP contribution in [-0.2, 0) is 6.54 Å². The predicted octanol–water partition coefficient (Wildman–Crippen LogP) is 3.43. The lowest BCUT2D eigenvalue weighted by Crippen LogP contribution is -2.24. The third-order valence-corrected chi connectivity index (χ3v) is 3.22. The highest BCUT2D eigenvalue weighted by atomic mass is 35.5. The number of benzene rings is 1. The molecule has 0 radical (unpaired) electrons. The number of aromatic nitrogens is 2. The van der Waals surface area contributed by atoms with E-state index < -0.39 is 0 Å². The highest BCUT2D eigenvalue weighted by Gasteiger charge is 2.01. The molecule has 0 saturated heterocycles. The fourth-order valence-corrected chi connectivity index (χ4v) is 2.05. The van der Waals surface area contributed by atoms with Crippen molar-refractivity contribution in [3.8, 4) is 0 Å². The molecule has 3 nitrogen and oxygen atoms in total. The quantitative estimate of drug-likeness (QED) is 0.603. The largest absolute Gasteiger partial charge is 0.274 e. The van der Waals surface area contributed by atoms with Crippen LogP contribution >= 0.6 is 11.6 Å². The first kappa shape index (κ1) is 14.5. The van der Waals surface area contributed by atoms with Crippen molar-refractivity contribution in [2.75, 3.05) is 5.88 Å². The molecule has 0 fully saturated rings. The Bertz CT molecular complexity index is 620. The first-order chi connectivity index (χ1) is 9.81. The number of nitrogens with zero attached hydrogens (tertiary/aromatic N) is 2. The van der Waals surface area contributed by atoms with Crippen LogP contribution in [0.5, 0.6) is 0 Å². The van der Waals surface area contributed by atoms with E-state index in [1.165, 1.54) is 4.68 Å². The highest BCUT2D eigenvalue weighted by Crippen LogP contribution is 2.04. The van der Waals surface area contributed by atoms with Crippen LogP contribution in [0.25, 0.3) is 12.2 Å². The summed E-state index contributed by atoms with van der Waals surface area (Å²) in [6.45, 7) is 0.610. The van der Waals surface area contributed by atoms with Crippen LogP contribution in [0.15, 0.2) is 47.4 Å². The maximum absolute atomic E-state index is 12.2. The topological polar surface area (TPSA) is 34.9 Å². The second-order valence-corrected chi connectivity index (χ2v) is 4.83. The molecule has 104 valence electrons. The van der Waals surface area contributed by atoms with Crippen molar-refractivity contribution in [3.05, 3.63) is 64.1 Å². The molecule has 4 heteroatoms. The summed E-state index contributed by atoms with van der Waals surface area (Å²) >= 11 is 5.64. The van der Waals surface area contributed by atoms with Crippen molar-refractivity contribution in [1.29, 1.82) is 0 Å². The molecule has 0 saturated carbocycles. The van der Waals surface area contributed by atoms with Crippen LogP contribution in [0.1, 0.15) is 24.0 Å². The summed E-state index contributed by atoms with van der Waals surface area (Å²) in [4.78, 5) is 12.2. The minimum Gasteiger partial charge on any atom is -0.267 e. The molecular weight excluding hydrogens is 272 g/mol. The molecule has 1 heterocycles. The zero-order chi connectivity index (χ0) is 14.2. The molecule has 0 bridgehead atoms. The third-order valence-electron chi connectivity index (χ3n) is 2.95. The lowest BCUT2D eigenvalue weighted by atomic mass is 10.2. The lowest BCUT2D eigenvalue weighted by molar-refractivity contribution is 0.543. The second kappa shape index (κ2) is 7.65. The number of unbranched alkanes of at least 4 members (excludes halogenated alkanes) is 1. The maximum atomic E-state index is 12.2. The second-order valence-electron chi connectivity index (χ2n) is 4.45. The van der Waals surface area contributed by atoms with Gasteiger partial charge in [-0.05, 0) is 30.5 Å². The first-order valence-corrected chi connectivity index (χ1v) is 7.20. The molecule has 0 aliphatic carbocycles. The van der Waals surface area contributed by atoms with E-state index in [0.29, 0.717) is 18.0 Å². The SMILES string of the molecule is O=c1c(/C=C/c2ccccc2)ccnn1CCCCCl. The monoisotopic (exact) mass is 288 g/mol. The molecule has 0 spiro atoms. The van der Waals surface area contributed by atoms with Crippen LogP contribution in [0, 0.1) is 0 Å². The summed E-state index contributed by atoms with van der Waals surface area (Å²) in [6, 6.07) is 11.6. The van der Waals surface area contributed by atoms with E-state index in [9.17, 15) is 4.79 Å². The van der Waals surface area contributed by atoms with Crippen molar-refractivity contribution in [1.82, 2.24) is 9.78 Å². The van der Waals surface area contributed by atoms with E-state index in [2.05, 4.69) is 5.10 Å². The smallest absolute Gasteiger partial charge is 0.267 e. The standard InChI is InChI=1S/C16H17ClN2O/c17-11-4-5-13-19-16(20)15(10-12-18-19)9-8-14-6-2-1-3-7-14/h1-3,6-10,12H,4-5,11,13H2/b9-8+. The summed E-state index contributed by atoms with van der Waals surface area (Å²) in [5, 5.41) is 4.09. The Labute approximate surface area is 123 Å². The molecule has 20 heavy (non-hydrogen) atoms. The lowest BCUT2D eigenvalue weighted by Gasteiger charge is -2.04. The Hall–Kier alpha value is -1.87. The summed E-state index contributed by atoms with van der Waals surface area (Å²) in [5.74, 6) is 0.613. The molecule has 0 aliphatic heterocycles. The van der Waals surface area contributed by atoms with Gasteiger partial charge in [-0.2, -0.15) is 5.10 Å². The molecule has 2 aromatic rings. The van der Waals surface area contributed by atoms with Gasteiger partial charge in [0.15, 0.2) is 0 Å². The Morgan fingerprint density at radius 1 is 1.10 bits per heavy atom. The van der Waals surface area contributed by atoms with E-state index >= 15 is 0 Å². The molecular formula is C16H17ClN2O. The minimum absolute atomic E-state index is 0.0609. The fourth-order valence-electron chi connectivity index (χ4n) is 1.86. The maximum Gasteiger partial charge on any atom is 0.274 e. The summed E-state index contributed by atoms with van der Waals surface area (Å²) in [7, 11) is 0. The molecule has 0 aliphatic rings. The zero-order valence-electron chi connectivity index (χ0n) is 11.2. The van der Waals surface area contributed by atoms with Gasteiger partial charge in [0.2, 0.25) is 0 Å². The van der Waals surface area contributed by atoms with Crippen molar-refractivity contribution in [3.63, 3.8) is 0 Å². The molecule has 1 aromatic heterocycles. The Morgan fingerprint density at radius 2 is 1.90 bits per heavy atom. The van der Waals surface area contributed by atoms with E-state index in [1.807, 2.05) is 42.5 Å². The molecule has 0 amide bonds. The van der Waals surface area contributed by atoms with Crippen molar-refractivity contribution < 1.29 is 0 Å². The van der Waals surface area contributed by atoms with E-state index in [0.717, 1.165) is 18.4 Å². The van der Waals surface area contributed by atoms with E-state index in [4.69, 9.17) is 11.6 Å². The van der Waals surface area contributed by atoms with Gasteiger partial charge in [0, 0.05) is 24.2 Å². The van der Waals surface area contributed by atoms with Gasteiger partial charge in [0.25, 0.3) is 5.56 Å². The average molecular weight is 289 g/mol. The highest BCUT2D eigenvalue weighted by molar-refractivity contribution is 6.17. The predicted molar refractivity (Wildman–Crippen MR) is 83.8 cm³/mol. The zero-order valence-corrected chi connectivity index (χ0v) is 12.0. The Balaban J connectivity index is 2.14. The molecule has 1 aromatic carbocycles. The van der Waals surface area contributed by atoms with Crippen LogP contribution in [0.3, 0.4) is 0 Å². The molecule has 0 unspecified atom stereocenters.